The van der Waals surface area contributed by atoms with E-state index in [2.05, 4.69) is 9.97 Å². The van der Waals surface area contributed by atoms with Crippen LogP contribution in [0.4, 0.5) is 5.69 Å². The Balaban J connectivity index is 2.71. The van der Waals surface area contributed by atoms with E-state index in [0.717, 1.165) is 11.0 Å². The maximum absolute atomic E-state index is 5.65. The first-order valence-electron chi connectivity index (χ1n) is 3.59. The molecular weight excluding hydrogens is 154 g/mol. The first-order chi connectivity index (χ1) is 5.81. The number of anilines is 1. The van der Waals surface area contributed by atoms with Crippen molar-refractivity contribution in [3.05, 3.63) is 18.3 Å². The van der Waals surface area contributed by atoms with Crippen LogP contribution in [0.25, 0.3) is 11.0 Å². The van der Waals surface area contributed by atoms with Crippen molar-refractivity contribution in [1.82, 2.24) is 9.97 Å². The predicted octanol–water partition coefficient (Wildman–Crippen LogP) is 1.15. The molecule has 12 heavy (non-hydrogen) atoms. The van der Waals surface area contributed by atoms with Crippen LogP contribution in [0.3, 0.4) is 0 Å². The molecule has 2 heterocycles. The number of aromatic nitrogens is 2. The molecule has 3 N–H and O–H groups in total. The van der Waals surface area contributed by atoms with Crippen molar-refractivity contribution in [2.75, 3.05) is 12.8 Å². The normalized spacial score (nSPS) is 10.4. The number of fused-ring (bicyclic) bond motifs is 1. The molecule has 2 aromatic rings. The smallest absolute Gasteiger partial charge is 0.213 e. The van der Waals surface area contributed by atoms with E-state index < -0.39 is 0 Å². The molecule has 2 rings (SSSR count). The standard InChI is InChI=1S/C8H9N3O/c1-12-7-3-2-6-8(11-7)5(9)4-10-6/h2-4,10H,9H2,1H3. The molecule has 2 aromatic heterocycles. The van der Waals surface area contributed by atoms with Gasteiger partial charge in [-0.05, 0) is 6.07 Å². The Morgan fingerprint density at radius 2 is 2.33 bits per heavy atom. The van der Waals surface area contributed by atoms with Crippen molar-refractivity contribution in [3.8, 4) is 5.88 Å². The predicted molar refractivity (Wildman–Crippen MR) is 47.1 cm³/mol. The lowest BCUT2D eigenvalue weighted by atomic mass is 10.3. The molecule has 0 bridgehead atoms. The fourth-order valence-electron chi connectivity index (χ4n) is 1.12. The number of nitrogens with zero attached hydrogens (tertiary/aromatic N) is 1. The molecule has 0 unspecified atom stereocenters. The van der Waals surface area contributed by atoms with Gasteiger partial charge >= 0.3 is 0 Å². The van der Waals surface area contributed by atoms with Crippen molar-refractivity contribution in [2.45, 2.75) is 0 Å². The lowest BCUT2D eigenvalue weighted by molar-refractivity contribution is 0.399. The summed E-state index contributed by atoms with van der Waals surface area (Å²) in [6.45, 7) is 0. The molecule has 0 aromatic carbocycles. The molecule has 4 nitrogen and oxygen atoms in total. The van der Waals surface area contributed by atoms with Gasteiger partial charge in [0.25, 0.3) is 0 Å². The molecule has 4 heteroatoms. The van der Waals surface area contributed by atoms with Crippen molar-refractivity contribution >= 4 is 16.7 Å². The topological polar surface area (TPSA) is 63.9 Å². The van der Waals surface area contributed by atoms with Gasteiger partial charge in [-0.1, -0.05) is 0 Å². The number of hydrogen-bond donors (Lipinski definition) is 2. The SMILES string of the molecule is COc1ccc2[nH]cc(N)c2n1. The average Bonchev–Trinajstić information content (AvgIpc) is 2.47. The average molecular weight is 163 g/mol. The lowest BCUT2D eigenvalue weighted by Gasteiger charge is -1.97. The highest BCUT2D eigenvalue weighted by atomic mass is 16.5. The minimum Gasteiger partial charge on any atom is -0.481 e. The minimum atomic E-state index is 0.578. The summed E-state index contributed by atoms with van der Waals surface area (Å²) < 4.78 is 4.97. The van der Waals surface area contributed by atoms with Crippen LogP contribution in [-0.2, 0) is 0 Å². The number of ether oxygens (including phenoxy) is 1. The first-order valence-corrected chi connectivity index (χ1v) is 3.59. The molecule has 0 aliphatic carbocycles. The number of hydrogen-bond acceptors (Lipinski definition) is 3. The number of rotatable bonds is 1. The zero-order valence-corrected chi connectivity index (χ0v) is 6.66. The Morgan fingerprint density at radius 3 is 3.08 bits per heavy atom. The largest absolute Gasteiger partial charge is 0.481 e. The Bertz CT molecular complexity index is 408. The van der Waals surface area contributed by atoms with E-state index in [-0.39, 0.29) is 0 Å². The van der Waals surface area contributed by atoms with E-state index in [0.29, 0.717) is 11.6 Å². The summed E-state index contributed by atoms with van der Waals surface area (Å²) in [5, 5.41) is 0. The molecular formula is C8H9N3O. The molecule has 0 aliphatic heterocycles. The summed E-state index contributed by atoms with van der Waals surface area (Å²) in [7, 11) is 1.58. The van der Waals surface area contributed by atoms with Gasteiger partial charge in [-0.2, -0.15) is 0 Å². The van der Waals surface area contributed by atoms with Crippen LogP contribution in [0.5, 0.6) is 5.88 Å². The van der Waals surface area contributed by atoms with Crippen molar-refractivity contribution in [3.63, 3.8) is 0 Å². The van der Waals surface area contributed by atoms with Crippen LogP contribution >= 0.6 is 0 Å². The molecule has 0 fully saturated rings. The summed E-state index contributed by atoms with van der Waals surface area (Å²) in [6.07, 6.45) is 1.72. The van der Waals surface area contributed by atoms with Gasteiger partial charge in [-0.3, -0.25) is 0 Å². The van der Waals surface area contributed by atoms with Crippen LogP contribution in [0, 0.1) is 0 Å². The Morgan fingerprint density at radius 1 is 1.50 bits per heavy atom. The van der Waals surface area contributed by atoms with Gasteiger partial charge in [0.05, 0.1) is 18.3 Å². The number of pyridine rings is 1. The third kappa shape index (κ3) is 0.887. The molecule has 62 valence electrons. The van der Waals surface area contributed by atoms with E-state index in [1.54, 1.807) is 19.4 Å². The van der Waals surface area contributed by atoms with Gasteiger partial charge < -0.3 is 15.5 Å². The highest BCUT2D eigenvalue weighted by Gasteiger charge is 2.02. The maximum atomic E-state index is 5.65. The highest BCUT2D eigenvalue weighted by Crippen LogP contribution is 2.20. The second-order valence-corrected chi connectivity index (χ2v) is 2.49. The van der Waals surface area contributed by atoms with Gasteiger partial charge in [-0.25, -0.2) is 4.98 Å². The van der Waals surface area contributed by atoms with E-state index in [1.165, 1.54) is 0 Å². The number of nitrogens with two attached hydrogens (primary N) is 1. The number of nitrogen functional groups attached to an aromatic ring is 1. The third-order valence-electron chi connectivity index (χ3n) is 1.74. The molecule has 0 amide bonds. The van der Waals surface area contributed by atoms with Gasteiger partial charge in [0.1, 0.15) is 5.52 Å². The molecule has 0 saturated carbocycles. The Hall–Kier alpha value is -1.71. The zero-order valence-electron chi connectivity index (χ0n) is 6.66. The molecule has 0 aliphatic rings. The van der Waals surface area contributed by atoms with Gasteiger partial charge in [0.2, 0.25) is 5.88 Å². The highest BCUT2D eigenvalue weighted by molar-refractivity contribution is 5.87. The second kappa shape index (κ2) is 2.41. The lowest BCUT2D eigenvalue weighted by Crippen LogP contribution is -1.88. The van der Waals surface area contributed by atoms with Crippen molar-refractivity contribution in [2.24, 2.45) is 0 Å². The third-order valence-corrected chi connectivity index (χ3v) is 1.74. The van der Waals surface area contributed by atoms with Crippen molar-refractivity contribution in [1.29, 1.82) is 0 Å². The number of nitrogens with one attached hydrogen (secondary N) is 1. The number of H-pyrrole nitrogens is 1. The minimum absolute atomic E-state index is 0.578. The Labute approximate surface area is 69.4 Å². The maximum Gasteiger partial charge on any atom is 0.213 e. The summed E-state index contributed by atoms with van der Waals surface area (Å²) >= 11 is 0. The molecule has 0 atom stereocenters. The second-order valence-electron chi connectivity index (χ2n) is 2.49. The van der Waals surface area contributed by atoms with Crippen LogP contribution in [0.2, 0.25) is 0 Å². The Kier molecular flexibility index (Phi) is 1.40. The van der Waals surface area contributed by atoms with E-state index in [1.807, 2.05) is 6.07 Å². The van der Waals surface area contributed by atoms with Crippen LogP contribution in [-0.4, -0.2) is 17.1 Å². The van der Waals surface area contributed by atoms with Gasteiger partial charge in [0.15, 0.2) is 0 Å². The number of methoxy groups -OCH3 is 1. The summed E-state index contributed by atoms with van der Waals surface area (Å²) in [5.41, 5.74) is 7.98. The van der Waals surface area contributed by atoms with Gasteiger partial charge in [-0.15, -0.1) is 0 Å². The van der Waals surface area contributed by atoms with Crippen LogP contribution in [0.15, 0.2) is 18.3 Å². The summed E-state index contributed by atoms with van der Waals surface area (Å²) in [5.74, 6) is 0.578. The van der Waals surface area contributed by atoms with E-state index in [9.17, 15) is 0 Å². The van der Waals surface area contributed by atoms with Crippen LogP contribution in [0.1, 0.15) is 0 Å². The van der Waals surface area contributed by atoms with E-state index >= 15 is 0 Å². The zero-order chi connectivity index (χ0) is 8.55. The van der Waals surface area contributed by atoms with Gasteiger partial charge in [0, 0.05) is 12.3 Å². The van der Waals surface area contributed by atoms with Crippen LogP contribution < -0.4 is 10.5 Å². The fraction of sp³-hybridized carbons (Fsp3) is 0.125. The monoisotopic (exact) mass is 163 g/mol. The fourth-order valence-corrected chi connectivity index (χ4v) is 1.12. The number of aromatic amines is 1. The quantitative estimate of drug-likeness (QED) is 0.662. The molecule has 0 spiro atoms. The summed E-state index contributed by atoms with van der Waals surface area (Å²) in [4.78, 5) is 7.17. The first kappa shape index (κ1) is 6.97. The summed E-state index contributed by atoms with van der Waals surface area (Å²) in [6, 6.07) is 3.68. The molecule has 0 radical (unpaired) electrons. The van der Waals surface area contributed by atoms with Crippen molar-refractivity contribution < 1.29 is 4.74 Å². The van der Waals surface area contributed by atoms with E-state index in [4.69, 9.17) is 10.5 Å². The molecule has 0 saturated heterocycles.